The molecule has 0 aromatic rings. The SMILES string of the molecule is [2H]C1NC([2H])C([2H])(C)NC1C. The molecule has 0 aromatic heterocycles. The van der Waals surface area contributed by atoms with Crippen molar-refractivity contribution in [1.29, 1.82) is 0 Å². The van der Waals surface area contributed by atoms with E-state index >= 15 is 0 Å². The van der Waals surface area contributed by atoms with Gasteiger partial charge in [-0.3, -0.25) is 0 Å². The molecule has 1 rings (SSSR count). The molecule has 2 nitrogen and oxygen atoms in total. The molecule has 1 aliphatic heterocycles. The molecule has 1 fully saturated rings. The molecule has 0 spiro atoms. The lowest BCUT2D eigenvalue weighted by Gasteiger charge is -2.26. The van der Waals surface area contributed by atoms with E-state index in [1.807, 2.05) is 6.92 Å². The maximum absolute atomic E-state index is 7.61. The van der Waals surface area contributed by atoms with Gasteiger partial charge in [0.05, 0.1) is 0 Å². The molecule has 2 heteroatoms. The Bertz CT molecular complexity index is 151. The summed E-state index contributed by atoms with van der Waals surface area (Å²) in [5.74, 6) is 0. The van der Waals surface area contributed by atoms with Crippen molar-refractivity contribution in [3.05, 3.63) is 0 Å². The monoisotopic (exact) mass is 117 g/mol. The minimum atomic E-state index is -0.975. The summed E-state index contributed by atoms with van der Waals surface area (Å²) in [6.07, 6.45) is 0. The lowest BCUT2D eigenvalue weighted by atomic mass is 10.2. The van der Waals surface area contributed by atoms with Crippen LogP contribution in [0, 0.1) is 0 Å². The van der Waals surface area contributed by atoms with E-state index in [0.29, 0.717) is 0 Å². The van der Waals surface area contributed by atoms with Gasteiger partial charge < -0.3 is 10.6 Å². The van der Waals surface area contributed by atoms with Crippen LogP contribution >= 0.6 is 0 Å². The first-order chi connectivity index (χ1) is 4.93. The van der Waals surface area contributed by atoms with Crippen LogP contribution < -0.4 is 10.6 Å². The number of hydrogen-bond acceptors (Lipinski definition) is 2. The molecule has 1 heterocycles. The molecule has 4 atom stereocenters. The number of piperazine rings is 1. The Labute approximate surface area is 54.9 Å². The molecule has 0 aromatic carbocycles. The summed E-state index contributed by atoms with van der Waals surface area (Å²) >= 11 is 0. The zero-order valence-corrected chi connectivity index (χ0v) is 5.23. The zero-order chi connectivity index (χ0) is 8.65. The van der Waals surface area contributed by atoms with Gasteiger partial charge in [-0.15, -0.1) is 0 Å². The first kappa shape index (κ1) is 3.18. The van der Waals surface area contributed by atoms with Gasteiger partial charge >= 0.3 is 0 Å². The summed E-state index contributed by atoms with van der Waals surface area (Å²) in [7, 11) is 0. The minimum Gasteiger partial charge on any atom is -0.314 e. The lowest BCUT2D eigenvalue weighted by molar-refractivity contribution is 0.370. The minimum absolute atomic E-state index is 0.0703. The Morgan fingerprint density at radius 1 is 1.62 bits per heavy atom. The van der Waals surface area contributed by atoms with E-state index in [0.717, 1.165) is 0 Å². The highest BCUT2D eigenvalue weighted by molar-refractivity contribution is 4.76. The van der Waals surface area contributed by atoms with Gasteiger partial charge in [-0.2, -0.15) is 0 Å². The fraction of sp³-hybridized carbons (Fsp3) is 1.00. The van der Waals surface area contributed by atoms with Crippen LogP contribution in [0.4, 0.5) is 0 Å². The quantitative estimate of drug-likeness (QED) is 0.465. The van der Waals surface area contributed by atoms with Crippen LogP contribution in [0.25, 0.3) is 0 Å². The highest BCUT2D eigenvalue weighted by atomic mass is 15.1. The van der Waals surface area contributed by atoms with Crippen LogP contribution in [0.15, 0.2) is 0 Å². The van der Waals surface area contributed by atoms with Gasteiger partial charge in [0.1, 0.15) is 0 Å². The molecular weight excluding hydrogens is 100 g/mol. The Morgan fingerprint density at radius 2 is 2.38 bits per heavy atom. The Balaban J connectivity index is 2.63. The largest absolute Gasteiger partial charge is 0.314 e. The summed E-state index contributed by atoms with van der Waals surface area (Å²) in [5.41, 5.74) is 0. The third-order valence-corrected chi connectivity index (χ3v) is 1.10. The highest BCUT2D eigenvalue weighted by Gasteiger charge is 2.11. The van der Waals surface area contributed by atoms with E-state index in [9.17, 15) is 0 Å². The Hall–Kier alpha value is -0.0800. The number of rotatable bonds is 0. The number of nitrogens with one attached hydrogen (secondary N) is 2. The van der Waals surface area contributed by atoms with E-state index in [1.165, 1.54) is 0 Å². The van der Waals surface area contributed by atoms with E-state index < -0.39 is 19.1 Å². The molecule has 0 saturated carbocycles. The third kappa shape index (κ3) is 1.46. The van der Waals surface area contributed by atoms with Crippen LogP contribution in [0.3, 0.4) is 0 Å². The van der Waals surface area contributed by atoms with Gasteiger partial charge in [0.25, 0.3) is 0 Å². The summed E-state index contributed by atoms with van der Waals surface area (Å²) in [6, 6.07) is -1.05. The average molecular weight is 117 g/mol. The van der Waals surface area contributed by atoms with E-state index in [2.05, 4.69) is 10.6 Å². The molecule has 1 aliphatic rings. The predicted octanol–water partition coefficient (Wildman–Crippen LogP) is -0.0438. The van der Waals surface area contributed by atoms with Crippen molar-refractivity contribution < 1.29 is 4.11 Å². The van der Waals surface area contributed by atoms with Crippen molar-refractivity contribution in [1.82, 2.24) is 10.6 Å². The van der Waals surface area contributed by atoms with Crippen LogP contribution in [0.1, 0.15) is 18.0 Å². The van der Waals surface area contributed by atoms with Crippen LogP contribution in [0.5, 0.6) is 0 Å². The molecule has 0 aliphatic carbocycles. The van der Waals surface area contributed by atoms with Crippen LogP contribution in [-0.2, 0) is 0 Å². The third-order valence-electron chi connectivity index (χ3n) is 1.10. The molecule has 2 N–H and O–H groups in total. The summed E-state index contributed by atoms with van der Waals surface area (Å²) < 4.78 is 22.4. The van der Waals surface area contributed by atoms with Crippen molar-refractivity contribution in [2.45, 2.75) is 25.9 Å². The molecule has 0 amide bonds. The molecule has 8 heavy (non-hydrogen) atoms. The second kappa shape index (κ2) is 2.46. The second-order valence-electron chi connectivity index (χ2n) is 2.09. The second-order valence-corrected chi connectivity index (χ2v) is 2.09. The van der Waals surface area contributed by atoms with Crippen molar-refractivity contribution in [3.8, 4) is 0 Å². The maximum atomic E-state index is 7.61. The standard InChI is InChI=1S/C6H14N2/c1-5-3-7-4-6(2)8-5/h5-8H,3-4H2,1-2H3/i3D,4D,5D. The fourth-order valence-electron chi connectivity index (χ4n) is 0.760. The Kier molecular flexibility index (Phi) is 0.980. The zero-order valence-electron chi connectivity index (χ0n) is 8.23. The van der Waals surface area contributed by atoms with E-state index in [1.54, 1.807) is 6.92 Å². The van der Waals surface area contributed by atoms with Crippen molar-refractivity contribution in [2.24, 2.45) is 0 Å². The molecule has 48 valence electrons. The van der Waals surface area contributed by atoms with Gasteiger partial charge in [-0.25, -0.2) is 0 Å². The van der Waals surface area contributed by atoms with E-state index in [4.69, 9.17) is 4.11 Å². The maximum Gasteiger partial charge on any atom is 0.0475 e. The van der Waals surface area contributed by atoms with Crippen LogP contribution in [0.2, 0.25) is 0 Å². The summed E-state index contributed by atoms with van der Waals surface area (Å²) in [6.45, 7) is 2.28. The highest BCUT2D eigenvalue weighted by Crippen LogP contribution is 1.90. The van der Waals surface area contributed by atoms with Crippen molar-refractivity contribution >= 4 is 0 Å². The molecular formula is C6H14N2. The smallest absolute Gasteiger partial charge is 0.0475 e. The molecule has 1 saturated heterocycles. The van der Waals surface area contributed by atoms with Crippen LogP contribution in [-0.4, -0.2) is 25.1 Å². The molecule has 0 bridgehead atoms. The number of hydrogen-bond donors (Lipinski definition) is 2. The van der Waals surface area contributed by atoms with Gasteiger partial charge in [-0.1, -0.05) is 0 Å². The molecule has 4 unspecified atom stereocenters. The van der Waals surface area contributed by atoms with Crippen molar-refractivity contribution in [2.75, 3.05) is 13.0 Å². The lowest BCUT2D eigenvalue weighted by Crippen LogP contribution is -2.52. The first-order valence-corrected chi connectivity index (χ1v) is 2.82. The predicted molar refractivity (Wildman–Crippen MR) is 34.9 cm³/mol. The van der Waals surface area contributed by atoms with E-state index in [-0.39, 0.29) is 6.04 Å². The fourth-order valence-corrected chi connectivity index (χ4v) is 0.760. The topological polar surface area (TPSA) is 24.1 Å². The summed E-state index contributed by atoms with van der Waals surface area (Å²) in [4.78, 5) is 0. The van der Waals surface area contributed by atoms with Gasteiger partial charge in [0.15, 0.2) is 0 Å². The van der Waals surface area contributed by atoms with Gasteiger partial charge in [-0.05, 0) is 13.8 Å². The summed E-state index contributed by atoms with van der Waals surface area (Å²) in [5, 5.41) is 5.59. The first-order valence-electron chi connectivity index (χ1n) is 4.47. The normalized spacial score (nSPS) is 72.8. The van der Waals surface area contributed by atoms with Gasteiger partial charge in [0.2, 0.25) is 0 Å². The Morgan fingerprint density at radius 3 is 3.00 bits per heavy atom. The average Bonchev–Trinajstić information content (AvgIpc) is 1.83. The van der Waals surface area contributed by atoms with Gasteiger partial charge in [0, 0.05) is 29.2 Å². The van der Waals surface area contributed by atoms with Crippen molar-refractivity contribution in [3.63, 3.8) is 0 Å². The molecule has 0 radical (unpaired) electrons.